The van der Waals surface area contributed by atoms with E-state index in [4.69, 9.17) is 11.5 Å². The van der Waals surface area contributed by atoms with Gasteiger partial charge in [0.2, 0.25) is 5.91 Å². The molecule has 7 nitrogen and oxygen atoms in total. The first kappa shape index (κ1) is 22.8. The highest BCUT2D eigenvalue weighted by atomic mass is 79.9. The molecule has 32 heavy (non-hydrogen) atoms. The van der Waals surface area contributed by atoms with Gasteiger partial charge in [-0.3, -0.25) is 9.59 Å². The van der Waals surface area contributed by atoms with Gasteiger partial charge in [-0.25, -0.2) is 4.99 Å². The minimum atomic E-state index is -0.0781. The number of aliphatic imine (C=N–C) groups is 1. The number of guanidine groups is 1. The van der Waals surface area contributed by atoms with Gasteiger partial charge in [0.25, 0.3) is 0 Å². The summed E-state index contributed by atoms with van der Waals surface area (Å²) < 4.78 is 1.32. The van der Waals surface area contributed by atoms with Crippen LogP contribution in [0.3, 0.4) is 0 Å². The minimum absolute atomic E-state index is 0.0102. The summed E-state index contributed by atoms with van der Waals surface area (Å²) in [6.45, 7) is 2.05. The van der Waals surface area contributed by atoms with Crippen molar-refractivity contribution in [3.63, 3.8) is 0 Å². The second-order valence-corrected chi connectivity index (χ2v) is 9.82. The maximum atomic E-state index is 12.7. The normalized spacial score (nSPS) is 16.5. The number of nitrogen functional groups attached to an aromatic ring is 1. The highest BCUT2D eigenvalue weighted by Gasteiger charge is 2.30. The molecular formula is C23H25Br2N5O2. The van der Waals surface area contributed by atoms with Gasteiger partial charge in [-0.1, -0.05) is 18.2 Å². The van der Waals surface area contributed by atoms with Crippen LogP contribution in [0, 0.1) is 0 Å². The molecule has 0 radical (unpaired) electrons. The summed E-state index contributed by atoms with van der Waals surface area (Å²) in [5.74, 6) is 0.474. The lowest BCUT2D eigenvalue weighted by atomic mass is 10.00. The molecule has 2 aliphatic rings. The Hall–Kier alpha value is -2.39. The van der Waals surface area contributed by atoms with Gasteiger partial charge in [-0.05, 0) is 68.5 Å². The van der Waals surface area contributed by atoms with E-state index < -0.39 is 0 Å². The molecule has 2 aliphatic heterocycles. The van der Waals surface area contributed by atoms with Crippen molar-refractivity contribution in [2.45, 2.75) is 38.3 Å². The maximum absolute atomic E-state index is 12.7. The largest absolute Gasteiger partial charge is 0.397 e. The number of Topliss-reactive ketones (excluding diaryl/α,β-unsaturated/α-hetero) is 1. The number of piperidine rings is 1. The first-order chi connectivity index (χ1) is 15.3. The lowest BCUT2D eigenvalue weighted by molar-refractivity contribution is -0.132. The molecule has 0 unspecified atom stereocenters. The van der Waals surface area contributed by atoms with Crippen LogP contribution in [0.2, 0.25) is 0 Å². The third kappa shape index (κ3) is 4.83. The van der Waals surface area contributed by atoms with Crippen molar-refractivity contribution in [1.82, 2.24) is 9.80 Å². The average Bonchev–Trinajstić information content (AvgIpc) is 2.80. The zero-order valence-corrected chi connectivity index (χ0v) is 20.7. The average molecular weight is 563 g/mol. The van der Waals surface area contributed by atoms with Gasteiger partial charge >= 0.3 is 0 Å². The van der Waals surface area contributed by atoms with Crippen LogP contribution in [0.15, 0.2) is 50.3 Å². The summed E-state index contributed by atoms with van der Waals surface area (Å²) in [5.41, 5.74) is 15.3. The Bertz CT molecular complexity index is 1060. The first-order valence-electron chi connectivity index (χ1n) is 10.6. The Kier molecular flexibility index (Phi) is 6.85. The number of ketones is 1. The van der Waals surface area contributed by atoms with E-state index in [1.165, 1.54) is 5.56 Å². The summed E-state index contributed by atoms with van der Waals surface area (Å²) in [5, 5.41) is 0. The van der Waals surface area contributed by atoms with E-state index in [1.54, 1.807) is 12.1 Å². The van der Waals surface area contributed by atoms with E-state index in [0.717, 1.165) is 25.1 Å². The molecule has 0 bridgehead atoms. The van der Waals surface area contributed by atoms with E-state index in [-0.39, 0.29) is 30.6 Å². The van der Waals surface area contributed by atoms with E-state index in [9.17, 15) is 9.59 Å². The van der Waals surface area contributed by atoms with Gasteiger partial charge in [0.15, 0.2) is 11.7 Å². The number of para-hydroxylation sites is 1. The molecule has 1 saturated heterocycles. The van der Waals surface area contributed by atoms with Crippen LogP contribution in [0.25, 0.3) is 0 Å². The molecule has 0 aromatic heterocycles. The van der Waals surface area contributed by atoms with Crippen LogP contribution in [0.5, 0.6) is 0 Å². The molecule has 1 amide bonds. The van der Waals surface area contributed by atoms with E-state index >= 15 is 0 Å². The second-order valence-electron chi connectivity index (χ2n) is 8.12. The predicted molar refractivity (Wildman–Crippen MR) is 133 cm³/mol. The number of hydrogen-bond acceptors (Lipinski definition) is 6. The van der Waals surface area contributed by atoms with Crippen LogP contribution in [-0.2, 0) is 11.3 Å². The fourth-order valence-corrected chi connectivity index (χ4v) is 5.40. The minimum Gasteiger partial charge on any atom is -0.397 e. The molecule has 0 aliphatic carbocycles. The Morgan fingerprint density at radius 1 is 1.03 bits per heavy atom. The molecule has 2 aromatic carbocycles. The van der Waals surface area contributed by atoms with Crippen LogP contribution in [0.1, 0.15) is 41.6 Å². The highest BCUT2D eigenvalue weighted by molar-refractivity contribution is 9.11. The number of likely N-dealkylation sites (tertiary alicyclic amines) is 1. The lowest BCUT2D eigenvalue weighted by Gasteiger charge is -2.40. The van der Waals surface area contributed by atoms with Crippen molar-refractivity contribution in [2.24, 2.45) is 10.7 Å². The van der Waals surface area contributed by atoms with Gasteiger partial charge in [0, 0.05) is 53.0 Å². The van der Waals surface area contributed by atoms with Crippen LogP contribution in [-0.4, -0.2) is 46.6 Å². The fraction of sp³-hybridized carbons (Fsp3) is 0.348. The molecule has 0 atom stereocenters. The van der Waals surface area contributed by atoms with Crippen molar-refractivity contribution in [1.29, 1.82) is 0 Å². The number of nitrogens with two attached hydrogens (primary N) is 2. The molecule has 4 N–H and O–H groups in total. The molecule has 168 valence electrons. The van der Waals surface area contributed by atoms with Crippen LogP contribution < -0.4 is 11.5 Å². The van der Waals surface area contributed by atoms with Gasteiger partial charge in [0.05, 0.1) is 11.4 Å². The monoisotopic (exact) mass is 561 g/mol. The van der Waals surface area contributed by atoms with Gasteiger partial charge in [-0.2, -0.15) is 0 Å². The zero-order chi connectivity index (χ0) is 22.8. The van der Waals surface area contributed by atoms with Crippen molar-refractivity contribution in [3.8, 4) is 0 Å². The van der Waals surface area contributed by atoms with Gasteiger partial charge < -0.3 is 21.3 Å². The Labute approximate surface area is 204 Å². The van der Waals surface area contributed by atoms with E-state index in [0.29, 0.717) is 39.2 Å². The number of carbonyl (C=O) groups excluding carboxylic acids is 2. The Balaban J connectivity index is 1.29. The van der Waals surface area contributed by atoms with Crippen molar-refractivity contribution < 1.29 is 9.59 Å². The van der Waals surface area contributed by atoms with E-state index in [1.807, 2.05) is 23.1 Å². The van der Waals surface area contributed by atoms with Gasteiger partial charge in [0.1, 0.15) is 0 Å². The maximum Gasteiger partial charge on any atom is 0.223 e. The number of nitrogens with zero attached hydrogens (tertiary/aromatic N) is 3. The fourth-order valence-electron chi connectivity index (χ4n) is 4.22. The summed E-state index contributed by atoms with van der Waals surface area (Å²) in [6, 6.07) is 11.7. The Morgan fingerprint density at radius 3 is 2.38 bits per heavy atom. The number of benzene rings is 2. The van der Waals surface area contributed by atoms with Crippen molar-refractivity contribution >= 4 is 60.9 Å². The molecule has 0 spiro atoms. The first-order valence-corrected chi connectivity index (χ1v) is 12.2. The number of hydrogen-bond donors (Lipinski definition) is 2. The number of amides is 1. The molecule has 1 fully saturated rings. The standard InChI is InChI=1S/C23H25Br2N5O2/c24-17-11-15(12-18(25)22(17)26)20(31)5-6-21(32)29-9-7-16(8-10-29)30-13-14-3-1-2-4-19(14)28-23(30)27/h1-4,11-12,16H,5-10,13,26H2,(H2,27,28). The van der Waals surface area contributed by atoms with Crippen molar-refractivity contribution in [2.75, 3.05) is 18.8 Å². The molecule has 9 heteroatoms. The number of rotatable bonds is 5. The second kappa shape index (κ2) is 9.62. The molecule has 0 saturated carbocycles. The topological polar surface area (TPSA) is 105 Å². The Morgan fingerprint density at radius 2 is 1.69 bits per heavy atom. The summed E-state index contributed by atoms with van der Waals surface area (Å²) in [7, 11) is 0. The zero-order valence-electron chi connectivity index (χ0n) is 17.6. The van der Waals surface area contributed by atoms with Crippen LogP contribution >= 0.6 is 31.9 Å². The predicted octanol–water partition coefficient (Wildman–Crippen LogP) is 4.21. The number of halogens is 2. The summed E-state index contributed by atoms with van der Waals surface area (Å²) >= 11 is 6.71. The number of anilines is 1. The summed E-state index contributed by atoms with van der Waals surface area (Å²) in [6.07, 6.45) is 2.03. The molecular weight excluding hydrogens is 538 g/mol. The third-order valence-corrected chi connectivity index (χ3v) is 7.40. The quantitative estimate of drug-likeness (QED) is 0.419. The molecule has 2 heterocycles. The van der Waals surface area contributed by atoms with Gasteiger partial charge in [-0.15, -0.1) is 0 Å². The SMILES string of the molecule is NC1=Nc2ccccc2CN1C1CCN(C(=O)CCC(=O)c2cc(Br)c(N)c(Br)c2)CC1. The molecule has 4 rings (SSSR count). The lowest BCUT2D eigenvalue weighted by Crippen LogP contribution is -2.51. The van der Waals surface area contributed by atoms with E-state index in [2.05, 4.69) is 47.8 Å². The number of carbonyl (C=O) groups is 2. The third-order valence-electron chi connectivity index (χ3n) is 6.09. The molecule has 2 aromatic rings. The van der Waals surface area contributed by atoms with Crippen molar-refractivity contribution in [3.05, 3.63) is 56.5 Å². The number of fused-ring (bicyclic) bond motifs is 1. The highest BCUT2D eigenvalue weighted by Crippen LogP contribution is 2.31. The van der Waals surface area contributed by atoms with Crippen LogP contribution in [0.4, 0.5) is 11.4 Å². The smallest absolute Gasteiger partial charge is 0.223 e. The summed E-state index contributed by atoms with van der Waals surface area (Å²) in [4.78, 5) is 33.8.